The average molecular weight is 299 g/mol. The molecule has 96 valence electrons. The van der Waals surface area contributed by atoms with E-state index in [0.29, 0.717) is 6.54 Å². The molecule has 0 aliphatic carbocycles. The second-order valence-corrected chi connectivity index (χ2v) is 8.26. The number of thiophene rings is 2. The smallest absolute Gasteiger partial charge is 0.212 e. The van der Waals surface area contributed by atoms with Crippen LogP contribution in [-0.2, 0) is 16.4 Å². The van der Waals surface area contributed by atoms with Gasteiger partial charge in [0.25, 0.3) is 0 Å². The average Bonchev–Trinajstić information content (AvgIpc) is 2.97. The molecule has 3 rings (SSSR count). The van der Waals surface area contributed by atoms with Gasteiger partial charge in [-0.2, -0.15) is 4.31 Å². The molecule has 1 atom stereocenters. The van der Waals surface area contributed by atoms with Crippen LogP contribution in [0.5, 0.6) is 0 Å². The molecule has 0 amide bonds. The second-order valence-electron chi connectivity index (χ2n) is 4.34. The van der Waals surface area contributed by atoms with E-state index in [2.05, 4.69) is 11.4 Å². The Kier molecular flexibility index (Phi) is 3.05. The Morgan fingerprint density at radius 2 is 2.11 bits per heavy atom. The molecular weight excluding hydrogens is 286 g/mol. The molecule has 6 heteroatoms. The molecule has 1 unspecified atom stereocenters. The van der Waals surface area contributed by atoms with Gasteiger partial charge in [-0.1, -0.05) is 6.07 Å². The van der Waals surface area contributed by atoms with Crippen LogP contribution in [0.15, 0.2) is 29.0 Å². The summed E-state index contributed by atoms with van der Waals surface area (Å²) in [6, 6.07) is 5.92. The summed E-state index contributed by atoms with van der Waals surface area (Å²) >= 11 is 3.34. The molecule has 0 aromatic carbocycles. The van der Waals surface area contributed by atoms with Crippen LogP contribution in [0, 0.1) is 0 Å². The largest absolute Gasteiger partial charge is 0.212 e. The van der Waals surface area contributed by atoms with Gasteiger partial charge in [0.1, 0.15) is 0 Å². The van der Waals surface area contributed by atoms with Gasteiger partial charge in [0.2, 0.25) is 10.0 Å². The maximum atomic E-state index is 12.0. The number of fused-ring (bicyclic) bond motifs is 1. The highest BCUT2D eigenvalue weighted by atomic mass is 32.2. The van der Waals surface area contributed by atoms with E-state index in [4.69, 9.17) is 0 Å². The fourth-order valence-electron chi connectivity index (χ4n) is 2.39. The number of rotatable bonds is 2. The van der Waals surface area contributed by atoms with Gasteiger partial charge in [-0.15, -0.1) is 22.7 Å². The van der Waals surface area contributed by atoms with E-state index in [-0.39, 0.29) is 6.04 Å². The van der Waals surface area contributed by atoms with Crippen LogP contribution in [0.2, 0.25) is 0 Å². The molecule has 2 aromatic heterocycles. The van der Waals surface area contributed by atoms with Crippen molar-refractivity contribution in [2.24, 2.45) is 0 Å². The number of nitrogens with zero attached hydrogens (tertiary/aromatic N) is 1. The minimum Gasteiger partial charge on any atom is -0.212 e. The summed E-state index contributed by atoms with van der Waals surface area (Å²) < 4.78 is 25.5. The Labute approximate surface area is 115 Å². The molecule has 18 heavy (non-hydrogen) atoms. The van der Waals surface area contributed by atoms with E-state index in [0.717, 1.165) is 16.9 Å². The van der Waals surface area contributed by atoms with E-state index < -0.39 is 10.0 Å². The van der Waals surface area contributed by atoms with Crippen molar-refractivity contribution in [3.63, 3.8) is 0 Å². The van der Waals surface area contributed by atoms with Crippen molar-refractivity contribution in [2.45, 2.75) is 12.5 Å². The summed E-state index contributed by atoms with van der Waals surface area (Å²) in [6.45, 7) is 0.578. The molecule has 0 fully saturated rings. The highest BCUT2D eigenvalue weighted by molar-refractivity contribution is 7.88. The first-order chi connectivity index (χ1) is 8.57. The lowest BCUT2D eigenvalue weighted by atomic mass is 10.0. The lowest BCUT2D eigenvalue weighted by Gasteiger charge is -2.33. The Morgan fingerprint density at radius 3 is 2.78 bits per heavy atom. The van der Waals surface area contributed by atoms with E-state index in [1.165, 1.54) is 11.1 Å². The van der Waals surface area contributed by atoms with Gasteiger partial charge in [-0.05, 0) is 34.9 Å². The van der Waals surface area contributed by atoms with Gasteiger partial charge in [-0.25, -0.2) is 8.42 Å². The molecule has 0 spiro atoms. The lowest BCUT2D eigenvalue weighted by Crippen LogP contribution is -2.39. The Morgan fingerprint density at radius 1 is 1.28 bits per heavy atom. The minimum atomic E-state index is -3.18. The third-order valence-electron chi connectivity index (χ3n) is 3.16. The minimum absolute atomic E-state index is 0.130. The SMILES string of the molecule is CS(=O)(=O)N1CCc2sccc2C1c1cccs1. The maximum absolute atomic E-state index is 12.0. The molecule has 0 N–H and O–H groups in total. The lowest BCUT2D eigenvalue weighted by molar-refractivity contribution is 0.353. The predicted molar refractivity (Wildman–Crippen MR) is 75.7 cm³/mol. The van der Waals surface area contributed by atoms with Crippen LogP contribution in [0.1, 0.15) is 21.4 Å². The van der Waals surface area contributed by atoms with Crippen LogP contribution in [0.3, 0.4) is 0 Å². The normalized spacial score (nSPS) is 20.8. The summed E-state index contributed by atoms with van der Waals surface area (Å²) in [5, 5.41) is 4.05. The summed E-state index contributed by atoms with van der Waals surface area (Å²) in [4.78, 5) is 2.41. The second kappa shape index (κ2) is 4.45. The third kappa shape index (κ3) is 2.03. The van der Waals surface area contributed by atoms with Crippen LogP contribution in [0.25, 0.3) is 0 Å². The van der Waals surface area contributed by atoms with Crippen molar-refractivity contribution in [1.29, 1.82) is 0 Å². The third-order valence-corrected chi connectivity index (χ3v) is 6.33. The molecule has 3 heterocycles. The predicted octanol–water partition coefficient (Wildman–Crippen LogP) is 2.72. The first-order valence-corrected chi connectivity index (χ1v) is 9.24. The molecule has 3 nitrogen and oxygen atoms in total. The zero-order valence-corrected chi connectivity index (χ0v) is 12.3. The van der Waals surface area contributed by atoms with Gasteiger partial charge in [-0.3, -0.25) is 0 Å². The highest BCUT2D eigenvalue weighted by Gasteiger charge is 2.35. The van der Waals surface area contributed by atoms with Gasteiger partial charge in [0.15, 0.2) is 0 Å². The summed E-state index contributed by atoms with van der Waals surface area (Å²) in [7, 11) is -3.18. The van der Waals surface area contributed by atoms with Crippen molar-refractivity contribution >= 4 is 32.7 Å². The fraction of sp³-hybridized carbons (Fsp3) is 0.333. The van der Waals surface area contributed by atoms with Crippen LogP contribution < -0.4 is 0 Å². The van der Waals surface area contributed by atoms with Gasteiger partial charge >= 0.3 is 0 Å². The van der Waals surface area contributed by atoms with Gasteiger partial charge in [0, 0.05) is 16.3 Å². The molecule has 0 saturated heterocycles. The Balaban J connectivity index is 2.14. The van der Waals surface area contributed by atoms with Crippen molar-refractivity contribution in [1.82, 2.24) is 4.31 Å². The zero-order chi connectivity index (χ0) is 12.8. The zero-order valence-electron chi connectivity index (χ0n) is 9.87. The number of hydrogen-bond acceptors (Lipinski definition) is 4. The maximum Gasteiger partial charge on any atom is 0.212 e. The van der Waals surface area contributed by atoms with Crippen LogP contribution in [0.4, 0.5) is 0 Å². The summed E-state index contributed by atoms with van der Waals surface area (Å²) in [5.74, 6) is 0. The van der Waals surface area contributed by atoms with E-state index >= 15 is 0 Å². The van der Waals surface area contributed by atoms with Crippen molar-refractivity contribution in [3.05, 3.63) is 44.3 Å². The van der Waals surface area contributed by atoms with Crippen molar-refractivity contribution < 1.29 is 8.42 Å². The first kappa shape index (κ1) is 12.3. The highest BCUT2D eigenvalue weighted by Crippen LogP contribution is 2.40. The molecule has 1 aliphatic heterocycles. The fourth-order valence-corrected chi connectivity index (χ4v) is 5.25. The molecule has 2 aromatic rings. The quantitative estimate of drug-likeness (QED) is 0.855. The van der Waals surface area contributed by atoms with Crippen LogP contribution in [-0.4, -0.2) is 25.5 Å². The van der Waals surface area contributed by atoms with E-state index in [1.807, 2.05) is 17.5 Å². The Bertz CT molecular complexity index is 643. The molecule has 0 radical (unpaired) electrons. The molecular formula is C12H13NO2S3. The summed E-state index contributed by atoms with van der Waals surface area (Å²) in [6.07, 6.45) is 2.12. The summed E-state index contributed by atoms with van der Waals surface area (Å²) in [5.41, 5.74) is 1.15. The Hall–Kier alpha value is -0.690. The first-order valence-electron chi connectivity index (χ1n) is 5.64. The monoisotopic (exact) mass is 299 g/mol. The van der Waals surface area contributed by atoms with Gasteiger partial charge in [0.05, 0.1) is 12.3 Å². The standard InChI is InChI=1S/C12H13NO2S3/c1-18(14,15)13-6-4-10-9(5-8-17-10)12(13)11-3-2-7-16-11/h2-3,5,7-8,12H,4,6H2,1H3. The van der Waals surface area contributed by atoms with Crippen LogP contribution >= 0.6 is 22.7 Å². The number of hydrogen-bond donors (Lipinski definition) is 0. The molecule has 1 aliphatic rings. The van der Waals surface area contributed by atoms with E-state index in [1.54, 1.807) is 27.0 Å². The van der Waals surface area contributed by atoms with Gasteiger partial charge < -0.3 is 0 Å². The van der Waals surface area contributed by atoms with E-state index in [9.17, 15) is 8.42 Å². The van der Waals surface area contributed by atoms with Crippen molar-refractivity contribution in [2.75, 3.05) is 12.8 Å². The molecule has 0 saturated carbocycles. The molecule has 0 bridgehead atoms. The topological polar surface area (TPSA) is 37.4 Å². The van der Waals surface area contributed by atoms with Crippen molar-refractivity contribution in [3.8, 4) is 0 Å². The number of sulfonamides is 1.